The fourth-order valence-electron chi connectivity index (χ4n) is 5.16. The van der Waals surface area contributed by atoms with Gasteiger partial charge in [0.25, 0.3) is 5.79 Å². The second-order valence-electron chi connectivity index (χ2n) is 10.5. The van der Waals surface area contributed by atoms with Gasteiger partial charge in [0.1, 0.15) is 67.1 Å². The zero-order valence-electron chi connectivity index (χ0n) is 22.7. The van der Waals surface area contributed by atoms with E-state index in [2.05, 4.69) is 5.32 Å². The summed E-state index contributed by atoms with van der Waals surface area (Å²) in [5.74, 6) is -5.74. The number of hydrogen-bond donors (Lipinski definition) is 13. The maximum absolute atomic E-state index is 12.5. The van der Waals surface area contributed by atoms with Crippen LogP contribution in [-0.4, -0.2) is 191 Å². The molecule has 3 fully saturated rings. The van der Waals surface area contributed by atoms with Crippen molar-refractivity contribution in [1.29, 1.82) is 0 Å². The van der Waals surface area contributed by atoms with Gasteiger partial charge in [-0.2, -0.15) is 0 Å². The Labute approximate surface area is 243 Å². The van der Waals surface area contributed by atoms with E-state index in [-0.39, 0.29) is 0 Å². The molecule has 0 spiro atoms. The van der Waals surface area contributed by atoms with E-state index in [1.165, 1.54) is 0 Å². The number of ether oxygens (including phenoxy) is 5. The van der Waals surface area contributed by atoms with Crippen LogP contribution < -0.4 is 5.32 Å². The number of aliphatic carboxylic acids is 1. The van der Waals surface area contributed by atoms with E-state index in [1.54, 1.807) is 0 Å². The Morgan fingerprint density at radius 3 is 2.07 bits per heavy atom. The van der Waals surface area contributed by atoms with Crippen molar-refractivity contribution < 1.29 is 94.6 Å². The van der Waals surface area contributed by atoms with Crippen LogP contribution >= 0.6 is 0 Å². The van der Waals surface area contributed by atoms with Gasteiger partial charge in [-0.3, -0.25) is 4.79 Å². The number of hydrogen-bond acceptors (Lipinski definition) is 18. The summed E-state index contributed by atoms with van der Waals surface area (Å²) in [7, 11) is 0. The van der Waals surface area contributed by atoms with E-state index in [0.717, 1.165) is 6.92 Å². The molecule has 0 aromatic heterocycles. The molecule has 13 N–H and O–H groups in total. The zero-order valence-corrected chi connectivity index (χ0v) is 22.7. The lowest BCUT2D eigenvalue weighted by molar-refractivity contribution is -0.385. The maximum atomic E-state index is 12.5. The minimum Gasteiger partial charge on any atom is -0.477 e. The first kappa shape index (κ1) is 35.8. The van der Waals surface area contributed by atoms with E-state index >= 15 is 0 Å². The van der Waals surface area contributed by atoms with Crippen LogP contribution in [0, 0.1) is 0 Å². The van der Waals surface area contributed by atoms with Gasteiger partial charge in [-0.05, 0) is 0 Å². The molecular formula is C23H39NO19. The van der Waals surface area contributed by atoms with Gasteiger partial charge in [-0.15, -0.1) is 0 Å². The molecule has 0 aromatic carbocycles. The van der Waals surface area contributed by atoms with Crippen LogP contribution in [0.4, 0.5) is 0 Å². The molecule has 0 aliphatic carbocycles. The maximum Gasteiger partial charge on any atom is 0.364 e. The summed E-state index contributed by atoms with van der Waals surface area (Å²) in [6.07, 6.45) is -27.8. The minimum absolute atomic E-state index is 0.749. The molecule has 20 heteroatoms. The second kappa shape index (κ2) is 14.6. The molecule has 1 amide bonds. The molecule has 3 aliphatic rings. The number of nitrogens with one attached hydrogen (secondary N) is 1. The Hall–Kier alpha value is -1.70. The summed E-state index contributed by atoms with van der Waals surface area (Å²) >= 11 is 0. The predicted octanol–water partition coefficient (Wildman–Crippen LogP) is -8.22. The smallest absolute Gasteiger partial charge is 0.364 e. The number of amides is 1. The van der Waals surface area contributed by atoms with E-state index < -0.39 is 136 Å². The average molecular weight is 634 g/mol. The predicted molar refractivity (Wildman–Crippen MR) is 130 cm³/mol. The van der Waals surface area contributed by atoms with Gasteiger partial charge in [-0.1, -0.05) is 0 Å². The number of aliphatic hydroxyl groups is 11. The van der Waals surface area contributed by atoms with Crippen LogP contribution in [0.5, 0.6) is 0 Å². The Kier molecular flexibility index (Phi) is 12.1. The van der Waals surface area contributed by atoms with Gasteiger partial charge >= 0.3 is 5.97 Å². The first-order valence-corrected chi connectivity index (χ1v) is 13.2. The first-order valence-electron chi connectivity index (χ1n) is 13.2. The number of carbonyl (C=O) groups excluding carboxylic acids is 1. The summed E-state index contributed by atoms with van der Waals surface area (Å²) in [6.45, 7) is -1.85. The third kappa shape index (κ3) is 7.41. The van der Waals surface area contributed by atoms with Crippen LogP contribution in [0.25, 0.3) is 0 Å². The quantitative estimate of drug-likeness (QED) is 0.100. The number of carboxylic acid groups (broad SMARTS) is 1. The molecule has 250 valence electrons. The van der Waals surface area contributed by atoms with Gasteiger partial charge < -0.3 is 90.3 Å². The van der Waals surface area contributed by atoms with Gasteiger partial charge in [0.15, 0.2) is 12.6 Å². The fourth-order valence-corrected chi connectivity index (χ4v) is 5.16. The van der Waals surface area contributed by atoms with Gasteiger partial charge in [0.2, 0.25) is 5.91 Å². The minimum atomic E-state index is -3.02. The van der Waals surface area contributed by atoms with E-state index in [9.17, 15) is 70.9 Å². The molecule has 0 aromatic rings. The zero-order chi connectivity index (χ0) is 32.4. The monoisotopic (exact) mass is 633 g/mol. The molecule has 43 heavy (non-hydrogen) atoms. The van der Waals surface area contributed by atoms with E-state index in [1.807, 2.05) is 0 Å². The first-order chi connectivity index (χ1) is 20.1. The largest absolute Gasteiger partial charge is 0.477 e. The highest BCUT2D eigenvalue weighted by atomic mass is 16.8. The summed E-state index contributed by atoms with van der Waals surface area (Å²) in [5.41, 5.74) is 0. The Morgan fingerprint density at radius 1 is 0.907 bits per heavy atom. The van der Waals surface area contributed by atoms with Crippen molar-refractivity contribution in [2.45, 2.75) is 111 Å². The van der Waals surface area contributed by atoms with Crippen LogP contribution in [0.2, 0.25) is 0 Å². The van der Waals surface area contributed by atoms with Crippen molar-refractivity contribution in [3.8, 4) is 0 Å². The summed E-state index contributed by atoms with van der Waals surface area (Å²) in [6, 6.07) is -1.54. The van der Waals surface area contributed by atoms with Gasteiger partial charge in [-0.25, -0.2) is 4.79 Å². The van der Waals surface area contributed by atoms with Crippen LogP contribution in [0.3, 0.4) is 0 Å². The average Bonchev–Trinajstić information content (AvgIpc) is 2.96. The molecule has 20 nitrogen and oxygen atoms in total. The molecule has 3 aliphatic heterocycles. The topological polar surface area (TPSA) is 335 Å². The number of aliphatic hydroxyl groups excluding tert-OH is 11. The van der Waals surface area contributed by atoms with Crippen LogP contribution in [-0.2, 0) is 33.3 Å². The Morgan fingerprint density at radius 2 is 1.53 bits per heavy atom. The second-order valence-corrected chi connectivity index (χ2v) is 10.5. The normalized spacial score (nSPS) is 45.3. The highest BCUT2D eigenvalue weighted by Gasteiger charge is 2.60. The molecule has 0 unspecified atom stereocenters. The standard InChI is InChI=1S/C23H39NO19/c1-6(28)24-11-7(29)2-23(22(37)38,42-18(11)12(31)8(30)3-25)43-19-13(32)9(4-26)40-21(16(19)35)41-17-10(5-27)39-20(36)15(34)14(17)33/h7-21,25-27,29-36H,2-5H2,1H3,(H,24,28)(H,37,38)/t7-,8+,9+,10+,11+,12+,13+,14+,15+,16-,17+,18+,19-,20+,21+,23+/m0/s1. The lowest BCUT2D eigenvalue weighted by atomic mass is 9.88. The molecule has 0 radical (unpaired) electrons. The van der Waals surface area contributed by atoms with Gasteiger partial charge in [0, 0.05) is 13.3 Å². The molecule has 16 atom stereocenters. The molecule has 0 bridgehead atoms. The van der Waals surface area contributed by atoms with Gasteiger partial charge in [0.05, 0.1) is 32.0 Å². The Bertz CT molecular complexity index is 942. The van der Waals surface area contributed by atoms with Crippen molar-refractivity contribution in [1.82, 2.24) is 5.32 Å². The highest BCUT2D eigenvalue weighted by molar-refractivity contribution is 5.76. The lowest BCUT2D eigenvalue weighted by Gasteiger charge is -2.50. The van der Waals surface area contributed by atoms with Crippen molar-refractivity contribution in [3.63, 3.8) is 0 Å². The number of rotatable bonds is 11. The van der Waals surface area contributed by atoms with Crippen molar-refractivity contribution in [2.75, 3.05) is 19.8 Å². The van der Waals surface area contributed by atoms with Crippen molar-refractivity contribution in [3.05, 3.63) is 0 Å². The molecule has 3 saturated heterocycles. The molecular weight excluding hydrogens is 594 g/mol. The van der Waals surface area contributed by atoms with E-state index in [0.29, 0.717) is 0 Å². The molecule has 0 saturated carbocycles. The Balaban J connectivity index is 1.94. The molecule has 3 rings (SSSR count). The van der Waals surface area contributed by atoms with Crippen LogP contribution in [0.1, 0.15) is 13.3 Å². The summed E-state index contributed by atoms with van der Waals surface area (Å²) in [5, 5.41) is 124. The summed E-state index contributed by atoms with van der Waals surface area (Å²) < 4.78 is 26.8. The third-order valence-corrected chi connectivity index (χ3v) is 7.47. The van der Waals surface area contributed by atoms with E-state index in [4.69, 9.17) is 23.7 Å². The lowest BCUT2D eigenvalue weighted by Crippen LogP contribution is -2.70. The van der Waals surface area contributed by atoms with Crippen molar-refractivity contribution >= 4 is 11.9 Å². The summed E-state index contributed by atoms with van der Waals surface area (Å²) in [4.78, 5) is 24.3. The number of carboxylic acids is 1. The SMILES string of the molecule is CC(=O)N[C@H]1[C@H]([C@H](O)[C@H](O)CO)O[C@](O[C@@H]2[C@H](O)[C@@H](O[C@H]3[C@H](O)[C@@H](O)[C@H](O)O[C@@H]3CO)O[C@H](CO)[C@H]2O)(C(=O)O)C[C@@H]1O. The van der Waals surface area contributed by atoms with Crippen LogP contribution in [0.15, 0.2) is 0 Å². The highest BCUT2D eigenvalue weighted by Crippen LogP contribution is 2.38. The van der Waals surface area contributed by atoms with Crippen molar-refractivity contribution in [2.24, 2.45) is 0 Å². The molecule has 3 heterocycles. The number of carbonyl (C=O) groups is 2. The third-order valence-electron chi connectivity index (χ3n) is 7.47. The fraction of sp³-hybridized carbons (Fsp3) is 0.913.